The van der Waals surface area contributed by atoms with Crippen LogP contribution in [0.15, 0.2) is 84.6 Å². The molecular formula is C26H25N3O2. The van der Waals surface area contributed by atoms with Crippen LogP contribution in [0.25, 0.3) is 5.57 Å². The van der Waals surface area contributed by atoms with Crippen molar-refractivity contribution in [1.29, 1.82) is 0 Å². The zero-order valence-electron chi connectivity index (χ0n) is 17.9. The van der Waals surface area contributed by atoms with Gasteiger partial charge in [0.1, 0.15) is 5.70 Å². The second-order valence-corrected chi connectivity index (χ2v) is 7.86. The average molecular weight is 412 g/mol. The Morgan fingerprint density at radius 3 is 2.06 bits per heavy atom. The van der Waals surface area contributed by atoms with E-state index in [2.05, 4.69) is 5.32 Å². The Morgan fingerprint density at radius 1 is 0.806 bits per heavy atom. The van der Waals surface area contributed by atoms with E-state index < -0.39 is 0 Å². The first kappa shape index (κ1) is 20.4. The summed E-state index contributed by atoms with van der Waals surface area (Å²) in [6.07, 6.45) is 0. The van der Waals surface area contributed by atoms with E-state index in [1.807, 2.05) is 105 Å². The van der Waals surface area contributed by atoms with Crippen LogP contribution in [0.4, 0.5) is 11.4 Å². The second-order valence-electron chi connectivity index (χ2n) is 7.86. The molecule has 0 fully saturated rings. The summed E-state index contributed by atoms with van der Waals surface area (Å²) in [6.45, 7) is 2.24. The van der Waals surface area contributed by atoms with Crippen molar-refractivity contribution in [3.05, 3.63) is 101 Å². The second kappa shape index (κ2) is 8.48. The number of amides is 2. The summed E-state index contributed by atoms with van der Waals surface area (Å²) in [6, 6.07) is 24.9. The lowest BCUT2D eigenvalue weighted by Gasteiger charge is -2.16. The standard InChI is InChI=1S/C26H25N3O2/c1-18-9-11-19(12-10-18)17-29-25(30)23(20-7-5-4-6-8-20)24(26(29)31)27-21-13-15-22(16-14-21)28(2)3/h4-16,27H,17H2,1-3H3. The average Bonchev–Trinajstić information content (AvgIpc) is 3.00. The minimum Gasteiger partial charge on any atom is -0.378 e. The van der Waals surface area contributed by atoms with Crippen LogP contribution in [0.5, 0.6) is 0 Å². The zero-order valence-corrected chi connectivity index (χ0v) is 17.9. The summed E-state index contributed by atoms with van der Waals surface area (Å²) in [5, 5.41) is 3.21. The minimum atomic E-state index is -0.318. The number of carbonyl (C=O) groups excluding carboxylic acids is 2. The number of benzene rings is 3. The Hall–Kier alpha value is -3.86. The van der Waals surface area contributed by atoms with Crippen LogP contribution in [0.3, 0.4) is 0 Å². The summed E-state index contributed by atoms with van der Waals surface area (Å²) < 4.78 is 0. The lowest BCUT2D eigenvalue weighted by Crippen LogP contribution is -2.32. The number of anilines is 2. The molecular weight excluding hydrogens is 386 g/mol. The first-order valence-electron chi connectivity index (χ1n) is 10.2. The molecule has 0 saturated heterocycles. The minimum absolute atomic E-state index is 0.235. The Balaban J connectivity index is 1.69. The van der Waals surface area contributed by atoms with E-state index in [9.17, 15) is 9.59 Å². The van der Waals surface area contributed by atoms with Crippen molar-refractivity contribution >= 4 is 28.8 Å². The van der Waals surface area contributed by atoms with Gasteiger partial charge in [0.05, 0.1) is 12.1 Å². The highest BCUT2D eigenvalue weighted by Gasteiger charge is 2.39. The van der Waals surface area contributed by atoms with Crippen LogP contribution in [0, 0.1) is 6.92 Å². The van der Waals surface area contributed by atoms with Gasteiger partial charge in [0.25, 0.3) is 11.8 Å². The molecule has 1 heterocycles. The molecule has 1 N–H and O–H groups in total. The predicted molar refractivity (Wildman–Crippen MR) is 124 cm³/mol. The van der Waals surface area contributed by atoms with Crippen LogP contribution in [0.2, 0.25) is 0 Å². The SMILES string of the molecule is Cc1ccc(CN2C(=O)C(Nc3ccc(N(C)C)cc3)=C(c3ccccc3)C2=O)cc1. The van der Waals surface area contributed by atoms with Crippen molar-refractivity contribution in [2.24, 2.45) is 0 Å². The lowest BCUT2D eigenvalue weighted by atomic mass is 10.0. The summed E-state index contributed by atoms with van der Waals surface area (Å²) in [5.41, 5.74) is 5.28. The Labute approximate surface area is 182 Å². The first-order chi connectivity index (χ1) is 14.9. The molecule has 2 amide bonds. The largest absolute Gasteiger partial charge is 0.378 e. The molecule has 31 heavy (non-hydrogen) atoms. The smallest absolute Gasteiger partial charge is 0.278 e. The van der Waals surface area contributed by atoms with Crippen LogP contribution in [-0.4, -0.2) is 30.8 Å². The van der Waals surface area contributed by atoms with E-state index in [1.54, 1.807) is 0 Å². The number of hydrogen-bond donors (Lipinski definition) is 1. The van der Waals surface area contributed by atoms with Crippen LogP contribution < -0.4 is 10.2 Å². The summed E-state index contributed by atoms with van der Waals surface area (Å²) in [7, 11) is 3.95. The quantitative estimate of drug-likeness (QED) is 0.609. The van der Waals surface area contributed by atoms with Gasteiger partial charge in [0.15, 0.2) is 0 Å². The Kier molecular flexibility index (Phi) is 5.58. The third-order valence-electron chi connectivity index (χ3n) is 5.34. The maximum Gasteiger partial charge on any atom is 0.278 e. The van der Waals surface area contributed by atoms with Gasteiger partial charge in [-0.2, -0.15) is 0 Å². The zero-order chi connectivity index (χ0) is 22.0. The van der Waals surface area contributed by atoms with Gasteiger partial charge < -0.3 is 10.2 Å². The summed E-state index contributed by atoms with van der Waals surface area (Å²) >= 11 is 0. The van der Waals surface area contributed by atoms with Crippen molar-refractivity contribution in [3.8, 4) is 0 Å². The Bertz CT molecular complexity index is 1130. The van der Waals surface area contributed by atoms with E-state index in [4.69, 9.17) is 0 Å². The molecule has 0 spiro atoms. The number of nitrogens with one attached hydrogen (secondary N) is 1. The Morgan fingerprint density at radius 2 is 1.45 bits per heavy atom. The van der Waals surface area contributed by atoms with Crippen LogP contribution in [0.1, 0.15) is 16.7 Å². The molecule has 3 aromatic rings. The van der Waals surface area contributed by atoms with Crippen molar-refractivity contribution in [2.75, 3.05) is 24.3 Å². The van der Waals surface area contributed by atoms with Gasteiger partial charge in [-0.05, 0) is 42.3 Å². The highest BCUT2D eigenvalue weighted by molar-refractivity contribution is 6.36. The molecule has 0 aromatic heterocycles. The highest BCUT2D eigenvalue weighted by atomic mass is 16.2. The fourth-order valence-electron chi connectivity index (χ4n) is 3.57. The van der Waals surface area contributed by atoms with Crippen LogP contribution in [-0.2, 0) is 16.1 Å². The maximum absolute atomic E-state index is 13.3. The van der Waals surface area contributed by atoms with Gasteiger partial charge in [-0.3, -0.25) is 14.5 Å². The van der Waals surface area contributed by atoms with E-state index in [0.717, 1.165) is 28.1 Å². The predicted octanol–water partition coefficient (Wildman–Crippen LogP) is 4.45. The molecule has 0 unspecified atom stereocenters. The molecule has 4 rings (SSSR count). The van der Waals surface area contributed by atoms with Gasteiger partial charge in [-0.25, -0.2) is 0 Å². The van der Waals surface area contributed by atoms with Crippen LogP contribution >= 0.6 is 0 Å². The molecule has 5 heteroatoms. The van der Waals surface area contributed by atoms with Gasteiger partial charge in [0, 0.05) is 25.5 Å². The molecule has 0 atom stereocenters. The molecule has 1 aliphatic rings. The van der Waals surface area contributed by atoms with Crippen molar-refractivity contribution < 1.29 is 9.59 Å². The molecule has 156 valence electrons. The molecule has 0 radical (unpaired) electrons. The van der Waals surface area contributed by atoms with Gasteiger partial charge in [-0.1, -0.05) is 60.2 Å². The summed E-state index contributed by atoms with van der Waals surface area (Å²) in [4.78, 5) is 30.0. The van der Waals surface area contributed by atoms with Gasteiger partial charge in [0.2, 0.25) is 0 Å². The highest BCUT2D eigenvalue weighted by Crippen LogP contribution is 2.31. The first-order valence-corrected chi connectivity index (χ1v) is 10.2. The van der Waals surface area contributed by atoms with Gasteiger partial charge in [-0.15, -0.1) is 0 Å². The third-order valence-corrected chi connectivity index (χ3v) is 5.34. The van der Waals surface area contributed by atoms with Crippen molar-refractivity contribution in [2.45, 2.75) is 13.5 Å². The number of aryl methyl sites for hydroxylation is 1. The number of hydrogen-bond acceptors (Lipinski definition) is 4. The maximum atomic E-state index is 13.3. The normalized spacial score (nSPS) is 13.7. The molecule has 0 bridgehead atoms. The van der Waals surface area contributed by atoms with Crippen molar-refractivity contribution in [1.82, 2.24) is 4.90 Å². The summed E-state index contributed by atoms with van der Waals surface area (Å²) in [5.74, 6) is -0.606. The topological polar surface area (TPSA) is 52.7 Å². The molecule has 5 nitrogen and oxygen atoms in total. The number of carbonyl (C=O) groups is 2. The molecule has 0 saturated carbocycles. The van der Waals surface area contributed by atoms with E-state index >= 15 is 0 Å². The number of rotatable bonds is 6. The third kappa shape index (κ3) is 4.21. The fourth-order valence-corrected chi connectivity index (χ4v) is 3.57. The fraction of sp³-hybridized carbons (Fsp3) is 0.154. The van der Waals surface area contributed by atoms with Gasteiger partial charge >= 0.3 is 0 Å². The molecule has 3 aromatic carbocycles. The number of imide groups is 1. The van der Waals surface area contributed by atoms with E-state index in [1.165, 1.54) is 4.90 Å². The molecule has 0 aliphatic carbocycles. The monoisotopic (exact) mass is 411 g/mol. The molecule has 1 aliphatic heterocycles. The van der Waals surface area contributed by atoms with Crippen molar-refractivity contribution in [3.63, 3.8) is 0 Å². The number of nitrogens with zero attached hydrogens (tertiary/aromatic N) is 2. The van der Waals surface area contributed by atoms with E-state index in [0.29, 0.717) is 11.3 Å². The van der Waals surface area contributed by atoms with E-state index in [-0.39, 0.29) is 18.4 Å². The lowest BCUT2D eigenvalue weighted by molar-refractivity contribution is -0.137.